The normalized spacial score (nSPS) is 26.4. The van der Waals surface area contributed by atoms with Crippen LogP contribution in [0.4, 0.5) is 22.0 Å². The van der Waals surface area contributed by atoms with Crippen molar-refractivity contribution in [3.05, 3.63) is 93.6 Å². The summed E-state index contributed by atoms with van der Waals surface area (Å²) in [5.41, 5.74) is 1.36. The van der Waals surface area contributed by atoms with Crippen molar-refractivity contribution in [1.29, 1.82) is 0 Å². The second-order valence-electron chi connectivity index (χ2n) is 9.57. The highest BCUT2D eigenvalue weighted by molar-refractivity contribution is 5.53. The van der Waals surface area contributed by atoms with Crippen molar-refractivity contribution in [2.24, 2.45) is 11.8 Å². The predicted octanol–water partition coefficient (Wildman–Crippen LogP) is 8.64. The van der Waals surface area contributed by atoms with Crippen molar-refractivity contribution in [2.45, 2.75) is 71.3 Å². The van der Waals surface area contributed by atoms with Gasteiger partial charge in [-0.05, 0) is 54.4 Å². The van der Waals surface area contributed by atoms with Crippen LogP contribution < -0.4 is 0 Å². The highest BCUT2D eigenvalue weighted by Gasteiger charge is 2.49. The molecule has 4 rings (SSSR count). The Morgan fingerprint density at radius 2 is 1.83 bits per heavy atom. The molecule has 4 atom stereocenters. The van der Waals surface area contributed by atoms with Gasteiger partial charge in [0.15, 0.2) is 18.2 Å². The minimum absolute atomic E-state index is 0.0756. The lowest BCUT2D eigenvalue weighted by molar-refractivity contribution is 0.156. The summed E-state index contributed by atoms with van der Waals surface area (Å²) in [4.78, 5) is 0. The second kappa shape index (κ2) is 10.5. The Morgan fingerprint density at radius 3 is 2.51 bits per heavy atom. The Morgan fingerprint density at radius 1 is 1.06 bits per heavy atom. The fourth-order valence-corrected chi connectivity index (χ4v) is 5.51. The van der Waals surface area contributed by atoms with Gasteiger partial charge in [0, 0.05) is 23.5 Å². The van der Waals surface area contributed by atoms with Crippen LogP contribution in [0.25, 0.3) is 0 Å². The molecule has 0 heterocycles. The average molecular weight is 491 g/mol. The van der Waals surface area contributed by atoms with E-state index >= 15 is 17.6 Å². The van der Waals surface area contributed by atoms with Crippen LogP contribution in [-0.2, 0) is 17.8 Å². The fourth-order valence-electron chi connectivity index (χ4n) is 5.51. The maximum Gasteiger partial charge on any atom is 0.167 e. The Hall–Kier alpha value is -2.63. The average Bonchev–Trinajstić information content (AvgIpc) is 2.83. The van der Waals surface area contributed by atoms with Crippen molar-refractivity contribution < 1.29 is 26.7 Å². The van der Waals surface area contributed by atoms with E-state index in [4.69, 9.17) is 4.74 Å². The molecule has 3 aliphatic rings. The van der Waals surface area contributed by atoms with E-state index in [2.05, 4.69) is 6.58 Å². The smallest absolute Gasteiger partial charge is 0.167 e. The van der Waals surface area contributed by atoms with Crippen LogP contribution in [0.2, 0.25) is 0 Å². The van der Waals surface area contributed by atoms with E-state index in [1.165, 1.54) is 6.07 Å². The summed E-state index contributed by atoms with van der Waals surface area (Å²) in [6.45, 7) is 7.27. The minimum atomic E-state index is -2.30. The molecule has 0 aliphatic heterocycles. The van der Waals surface area contributed by atoms with Crippen molar-refractivity contribution in [1.82, 2.24) is 0 Å². The molecule has 3 aliphatic carbocycles. The quantitative estimate of drug-likeness (QED) is 0.262. The molecule has 35 heavy (non-hydrogen) atoms. The largest absolute Gasteiger partial charge is 0.490 e. The van der Waals surface area contributed by atoms with Crippen LogP contribution in [0.15, 0.2) is 76.6 Å². The minimum Gasteiger partial charge on any atom is -0.490 e. The number of hydrogen-bond acceptors (Lipinski definition) is 1. The topological polar surface area (TPSA) is 9.23 Å². The molecule has 0 saturated heterocycles. The van der Waals surface area contributed by atoms with Gasteiger partial charge in [0.05, 0.1) is 0 Å². The maximum absolute atomic E-state index is 15.5. The molecule has 1 nitrogen and oxygen atoms in total. The number of allylic oxidation sites excluding steroid dienone is 9. The molecule has 0 bridgehead atoms. The van der Waals surface area contributed by atoms with Crippen LogP contribution >= 0.6 is 0 Å². The van der Waals surface area contributed by atoms with Crippen LogP contribution in [-0.4, -0.2) is 12.3 Å². The van der Waals surface area contributed by atoms with E-state index in [9.17, 15) is 4.39 Å². The second-order valence-corrected chi connectivity index (χ2v) is 9.57. The summed E-state index contributed by atoms with van der Waals surface area (Å²) >= 11 is 0. The van der Waals surface area contributed by atoms with E-state index in [-0.39, 0.29) is 48.1 Å². The van der Waals surface area contributed by atoms with Gasteiger partial charge in [-0.15, -0.1) is 6.58 Å². The number of halogens is 5. The zero-order valence-corrected chi connectivity index (χ0v) is 20.2. The molecule has 4 unspecified atom stereocenters. The van der Waals surface area contributed by atoms with Gasteiger partial charge in [0.2, 0.25) is 0 Å². The number of alkyl halides is 2. The van der Waals surface area contributed by atoms with E-state index in [0.29, 0.717) is 48.0 Å². The Kier molecular flexibility index (Phi) is 7.67. The van der Waals surface area contributed by atoms with E-state index in [1.54, 1.807) is 24.3 Å². The lowest BCUT2D eigenvalue weighted by Gasteiger charge is -2.41. The summed E-state index contributed by atoms with van der Waals surface area (Å²) < 4.78 is 81.0. The monoisotopic (exact) mass is 490 g/mol. The van der Waals surface area contributed by atoms with Crippen molar-refractivity contribution >= 4 is 0 Å². The SMILES string of the molecule is C=CCCc1ccc(COC2=C(F)C3=C(CC2)C2C(=C(F)C(CCC)=CC2C)C(F)C3F)cc1F. The Labute approximate surface area is 203 Å². The molecule has 1 aromatic rings. The van der Waals surface area contributed by atoms with Crippen molar-refractivity contribution in [3.8, 4) is 0 Å². The van der Waals surface area contributed by atoms with Crippen LogP contribution in [0, 0.1) is 17.7 Å². The molecule has 0 amide bonds. The van der Waals surface area contributed by atoms with E-state index in [0.717, 1.165) is 0 Å². The van der Waals surface area contributed by atoms with Crippen molar-refractivity contribution in [3.63, 3.8) is 0 Å². The van der Waals surface area contributed by atoms with Gasteiger partial charge in [-0.1, -0.05) is 50.1 Å². The van der Waals surface area contributed by atoms with Gasteiger partial charge in [-0.25, -0.2) is 22.0 Å². The molecule has 188 valence electrons. The predicted molar refractivity (Wildman–Crippen MR) is 128 cm³/mol. The standard InChI is InChI=1S/C29H31F5O/c1-4-6-8-18-10-9-17(14-21(18)30)15-35-22-12-11-20-23-16(3)13-19(7-5-2)26(31)25(23)29(34)28(33)24(20)27(22)32/h4,9-10,13-14,16,23,28-29H,1,5-8,11-12,15H2,2-3H3. The molecule has 6 heteroatoms. The molecule has 0 radical (unpaired) electrons. The zero-order chi connectivity index (χ0) is 25.3. The summed E-state index contributed by atoms with van der Waals surface area (Å²) in [6.07, 6.45) is 1.66. The van der Waals surface area contributed by atoms with Crippen molar-refractivity contribution in [2.75, 3.05) is 0 Å². The highest BCUT2D eigenvalue weighted by atomic mass is 19.2. The number of hydrogen-bond donors (Lipinski definition) is 0. The fraction of sp³-hybridized carbons (Fsp3) is 0.448. The third kappa shape index (κ3) is 4.76. The summed E-state index contributed by atoms with van der Waals surface area (Å²) in [5.74, 6) is -3.01. The molecule has 0 spiro atoms. The van der Waals surface area contributed by atoms with Gasteiger partial charge in [0.1, 0.15) is 24.0 Å². The molecule has 0 aromatic heterocycles. The lowest BCUT2D eigenvalue weighted by Crippen LogP contribution is -2.39. The van der Waals surface area contributed by atoms with E-state index < -0.39 is 29.9 Å². The molecule has 0 N–H and O–H groups in total. The summed E-state index contributed by atoms with van der Waals surface area (Å²) in [7, 11) is 0. The summed E-state index contributed by atoms with van der Waals surface area (Å²) in [5, 5.41) is 0. The molecule has 1 aromatic carbocycles. The number of ether oxygens (including phenoxy) is 1. The van der Waals surface area contributed by atoms with E-state index in [1.807, 2.05) is 13.8 Å². The summed E-state index contributed by atoms with van der Waals surface area (Å²) in [6, 6.07) is 4.70. The first-order valence-corrected chi connectivity index (χ1v) is 12.3. The molecule has 0 fully saturated rings. The number of rotatable bonds is 8. The number of benzene rings is 1. The maximum atomic E-state index is 15.5. The Bertz CT molecular complexity index is 1130. The number of aryl methyl sites for hydroxylation is 1. The molecular formula is C29H31F5O. The van der Waals surface area contributed by atoms with Gasteiger partial charge >= 0.3 is 0 Å². The van der Waals surface area contributed by atoms with Gasteiger partial charge in [-0.3, -0.25) is 0 Å². The molecule has 0 saturated carbocycles. The van der Waals surface area contributed by atoms with Crippen LogP contribution in [0.5, 0.6) is 0 Å². The first kappa shape index (κ1) is 25.5. The first-order valence-electron chi connectivity index (χ1n) is 12.3. The third-order valence-electron chi connectivity index (χ3n) is 7.18. The highest BCUT2D eigenvalue weighted by Crippen LogP contribution is 2.53. The number of fused-ring (bicyclic) bond motifs is 2. The van der Waals surface area contributed by atoms with Gasteiger partial charge in [-0.2, -0.15) is 0 Å². The van der Waals surface area contributed by atoms with Crippen LogP contribution in [0.1, 0.15) is 57.1 Å². The first-order chi connectivity index (χ1) is 16.8. The third-order valence-corrected chi connectivity index (χ3v) is 7.18. The molecular weight excluding hydrogens is 459 g/mol. The lowest BCUT2D eigenvalue weighted by atomic mass is 9.65. The van der Waals surface area contributed by atoms with Crippen LogP contribution in [0.3, 0.4) is 0 Å². The zero-order valence-electron chi connectivity index (χ0n) is 20.2. The van der Waals surface area contributed by atoms with Gasteiger partial charge < -0.3 is 4.74 Å². The Balaban J connectivity index is 1.59. The van der Waals surface area contributed by atoms with Gasteiger partial charge in [0.25, 0.3) is 0 Å².